The van der Waals surface area contributed by atoms with Crippen molar-refractivity contribution in [1.29, 1.82) is 0 Å². The van der Waals surface area contributed by atoms with Gasteiger partial charge in [-0.3, -0.25) is 4.79 Å². The maximum absolute atomic E-state index is 12.5. The molecule has 0 radical (unpaired) electrons. The van der Waals surface area contributed by atoms with Gasteiger partial charge < -0.3 is 5.32 Å². The van der Waals surface area contributed by atoms with Crippen LogP contribution >= 0.6 is 0 Å². The van der Waals surface area contributed by atoms with Gasteiger partial charge in [-0.15, -0.1) is 5.10 Å². The first-order chi connectivity index (χ1) is 11.7. The molecule has 1 aromatic carbocycles. The third-order valence-electron chi connectivity index (χ3n) is 3.61. The van der Waals surface area contributed by atoms with Crippen molar-refractivity contribution in [2.75, 3.05) is 0 Å². The second-order valence-electron chi connectivity index (χ2n) is 6.99. The van der Waals surface area contributed by atoms with Crippen LogP contribution in [-0.4, -0.2) is 30.6 Å². The van der Waals surface area contributed by atoms with Gasteiger partial charge >= 0.3 is 5.69 Å². The Morgan fingerprint density at radius 1 is 1.20 bits per heavy atom. The zero-order valence-corrected chi connectivity index (χ0v) is 14.8. The molecule has 7 nitrogen and oxygen atoms in total. The highest BCUT2D eigenvalue weighted by atomic mass is 16.2. The number of carbonyl (C=O) groups is 1. The molecule has 2 aromatic heterocycles. The second-order valence-corrected chi connectivity index (χ2v) is 6.99. The lowest BCUT2D eigenvalue weighted by Gasteiger charge is -2.20. The monoisotopic (exact) mass is 339 g/mol. The van der Waals surface area contributed by atoms with Crippen LogP contribution in [0.5, 0.6) is 0 Å². The molecule has 0 spiro atoms. The lowest BCUT2D eigenvalue weighted by atomic mass is 10.1. The number of hydrogen-bond donors (Lipinski definition) is 1. The van der Waals surface area contributed by atoms with Gasteiger partial charge in [0.15, 0.2) is 5.65 Å². The molecule has 7 heteroatoms. The van der Waals surface area contributed by atoms with E-state index in [1.54, 1.807) is 13.0 Å². The minimum atomic E-state index is -0.372. The van der Waals surface area contributed by atoms with Crippen LogP contribution in [0.4, 0.5) is 0 Å². The van der Waals surface area contributed by atoms with E-state index in [1.807, 2.05) is 51.1 Å². The highest BCUT2D eigenvalue weighted by molar-refractivity contribution is 5.76. The number of benzene rings is 1. The van der Waals surface area contributed by atoms with Crippen molar-refractivity contribution in [2.24, 2.45) is 0 Å². The normalized spacial score (nSPS) is 11.7. The van der Waals surface area contributed by atoms with E-state index in [1.165, 1.54) is 9.08 Å². The minimum absolute atomic E-state index is 0.127. The molecule has 130 valence electrons. The highest BCUT2D eigenvalue weighted by Crippen LogP contribution is 2.18. The number of aryl methyl sites for hydroxylation is 1. The number of nitrogens with one attached hydrogen (secondary N) is 1. The largest absolute Gasteiger partial charge is 0.352 e. The first-order valence-electron chi connectivity index (χ1n) is 8.08. The Bertz CT molecular complexity index is 980. The fourth-order valence-corrected chi connectivity index (χ4v) is 2.65. The quantitative estimate of drug-likeness (QED) is 0.789. The summed E-state index contributed by atoms with van der Waals surface area (Å²) in [5, 5.41) is 7.12. The predicted molar refractivity (Wildman–Crippen MR) is 95.3 cm³/mol. The number of amides is 1. The van der Waals surface area contributed by atoms with Gasteiger partial charge in [-0.2, -0.15) is 0 Å². The Morgan fingerprint density at radius 3 is 2.52 bits per heavy atom. The van der Waals surface area contributed by atoms with Crippen LogP contribution in [0.1, 0.15) is 26.6 Å². The summed E-state index contributed by atoms with van der Waals surface area (Å²) in [5.41, 5.74) is 1.42. The van der Waals surface area contributed by atoms with E-state index in [0.29, 0.717) is 11.5 Å². The average Bonchev–Trinajstić information content (AvgIpc) is 2.82. The fourth-order valence-electron chi connectivity index (χ4n) is 2.65. The van der Waals surface area contributed by atoms with Gasteiger partial charge in [-0.05, 0) is 27.7 Å². The zero-order chi connectivity index (χ0) is 18.2. The number of fused-ring (bicyclic) bond motifs is 1. The maximum atomic E-state index is 12.5. The molecule has 25 heavy (non-hydrogen) atoms. The third kappa shape index (κ3) is 3.60. The van der Waals surface area contributed by atoms with E-state index in [4.69, 9.17) is 0 Å². The van der Waals surface area contributed by atoms with Crippen molar-refractivity contribution in [3.8, 4) is 11.3 Å². The van der Waals surface area contributed by atoms with Gasteiger partial charge in [0, 0.05) is 17.2 Å². The molecule has 1 N–H and O–H groups in total. The fraction of sp³-hybridized carbons (Fsp3) is 0.333. The third-order valence-corrected chi connectivity index (χ3v) is 3.61. The van der Waals surface area contributed by atoms with Gasteiger partial charge in [-0.1, -0.05) is 30.3 Å². The molecule has 0 saturated heterocycles. The minimum Gasteiger partial charge on any atom is -0.350 e. The Morgan fingerprint density at radius 2 is 1.88 bits per heavy atom. The summed E-state index contributed by atoms with van der Waals surface area (Å²) in [7, 11) is 0. The molecule has 1 amide bonds. The summed E-state index contributed by atoms with van der Waals surface area (Å²) >= 11 is 0. The number of nitrogens with zero attached hydrogens (tertiary/aromatic N) is 4. The smallest absolute Gasteiger partial charge is 0.350 e. The molecule has 3 aromatic rings. The summed E-state index contributed by atoms with van der Waals surface area (Å²) in [6, 6.07) is 11.4. The van der Waals surface area contributed by atoms with Crippen LogP contribution < -0.4 is 11.0 Å². The lowest BCUT2D eigenvalue weighted by molar-refractivity contribution is -0.123. The maximum Gasteiger partial charge on any atom is 0.352 e. The van der Waals surface area contributed by atoms with Gasteiger partial charge in [0.2, 0.25) is 5.91 Å². The molecule has 3 rings (SSSR count). The highest BCUT2D eigenvalue weighted by Gasteiger charge is 2.17. The predicted octanol–water partition coefficient (Wildman–Crippen LogP) is 1.78. The standard InChI is InChI=1S/C18H21N5O2/c1-12-19-14(13-8-6-5-7-9-13)10-15-21-22(17(25)23(12)15)11-16(24)20-18(2,3)4/h5-10H,11H2,1-4H3,(H,20,24). The molecular weight excluding hydrogens is 318 g/mol. The van der Waals surface area contributed by atoms with E-state index in [2.05, 4.69) is 15.4 Å². The molecule has 0 unspecified atom stereocenters. The summed E-state index contributed by atoms with van der Waals surface area (Å²) in [4.78, 5) is 29.1. The SMILES string of the molecule is Cc1nc(-c2ccccc2)cc2nn(CC(=O)NC(C)(C)C)c(=O)n12. The van der Waals surface area contributed by atoms with E-state index in [0.717, 1.165) is 11.3 Å². The zero-order valence-electron chi connectivity index (χ0n) is 14.8. The van der Waals surface area contributed by atoms with Crippen LogP contribution in [0, 0.1) is 6.92 Å². The second kappa shape index (κ2) is 6.16. The number of carbonyl (C=O) groups excluding carboxylic acids is 1. The van der Waals surface area contributed by atoms with Crippen molar-refractivity contribution in [2.45, 2.75) is 39.8 Å². The molecule has 0 aliphatic heterocycles. The molecule has 0 aliphatic carbocycles. The molecule has 0 aliphatic rings. The van der Waals surface area contributed by atoms with Crippen molar-refractivity contribution < 1.29 is 4.79 Å². The topological polar surface area (TPSA) is 81.3 Å². The van der Waals surface area contributed by atoms with Crippen LogP contribution in [0.25, 0.3) is 16.9 Å². The molecule has 0 fully saturated rings. The summed E-state index contributed by atoms with van der Waals surface area (Å²) in [6.07, 6.45) is 0. The van der Waals surface area contributed by atoms with Gasteiger partial charge in [0.1, 0.15) is 12.4 Å². The van der Waals surface area contributed by atoms with E-state index in [9.17, 15) is 9.59 Å². The van der Waals surface area contributed by atoms with E-state index >= 15 is 0 Å². The summed E-state index contributed by atoms with van der Waals surface area (Å²) < 4.78 is 2.58. The first-order valence-corrected chi connectivity index (χ1v) is 8.08. The van der Waals surface area contributed by atoms with Crippen LogP contribution in [0.2, 0.25) is 0 Å². The average molecular weight is 339 g/mol. The van der Waals surface area contributed by atoms with Crippen LogP contribution in [0.15, 0.2) is 41.2 Å². The van der Waals surface area contributed by atoms with Crippen LogP contribution in [0.3, 0.4) is 0 Å². The van der Waals surface area contributed by atoms with Crippen molar-refractivity contribution in [1.82, 2.24) is 24.5 Å². The Hall–Kier alpha value is -2.96. The number of hydrogen-bond acceptors (Lipinski definition) is 4. The molecule has 0 atom stereocenters. The Balaban J connectivity index is 2.00. The van der Waals surface area contributed by atoms with Gasteiger partial charge in [-0.25, -0.2) is 18.9 Å². The van der Waals surface area contributed by atoms with Crippen molar-refractivity contribution in [3.05, 3.63) is 52.7 Å². The Labute approximate surface area is 145 Å². The first kappa shape index (κ1) is 16.9. The van der Waals surface area contributed by atoms with Crippen molar-refractivity contribution in [3.63, 3.8) is 0 Å². The Kier molecular flexibility index (Phi) is 4.16. The number of rotatable bonds is 3. The lowest BCUT2D eigenvalue weighted by Crippen LogP contribution is -2.43. The summed E-state index contributed by atoms with van der Waals surface area (Å²) in [5.74, 6) is 0.274. The van der Waals surface area contributed by atoms with Gasteiger partial charge in [0.25, 0.3) is 0 Å². The van der Waals surface area contributed by atoms with E-state index in [-0.39, 0.29) is 23.7 Å². The summed E-state index contributed by atoms with van der Waals surface area (Å²) in [6.45, 7) is 7.28. The van der Waals surface area contributed by atoms with Crippen LogP contribution in [-0.2, 0) is 11.3 Å². The van der Waals surface area contributed by atoms with Crippen molar-refractivity contribution >= 4 is 11.6 Å². The molecule has 0 bridgehead atoms. The number of aromatic nitrogens is 4. The van der Waals surface area contributed by atoms with E-state index < -0.39 is 0 Å². The molecule has 0 saturated carbocycles. The molecule has 2 heterocycles. The van der Waals surface area contributed by atoms with Gasteiger partial charge in [0.05, 0.1) is 5.69 Å². The molecular formula is C18H21N5O2.